The van der Waals surface area contributed by atoms with Crippen LogP contribution in [0, 0.1) is 6.92 Å². The zero-order chi connectivity index (χ0) is 25.7. The van der Waals surface area contributed by atoms with E-state index in [1.54, 1.807) is 0 Å². The highest BCUT2D eigenvalue weighted by Gasteiger charge is 2.23. The molecule has 6 nitrogen and oxygen atoms in total. The first-order valence-electron chi connectivity index (χ1n) is 11.8. The van der Waals surface area contributed by atoms with Crippen molar-refractivity contribution >= 4 is 38.7 Å². The Labute approximate surface area is 218 Å². The minimum atomic E-state index is -0.943. The summed E-state index contributed by atoms with van der Waals surface area (Å²) < 4.78 is 6.57. The van der Waals surface area contributed by atoms with Gasteiger partial charge in [0.15, 0.2) is 0 Å². The minimum absolute atomic E-state index is 0.138. The van der Waals surface area contributed by atoms with Crippen LogP contribution in [-0.4, -0.2) is 35.1 Å². The molecule has 1 amide bonds. The first kappa shape index (κ1) is 25.4. The van der Waals surface area contributed by atoms with Crippen LogP contribution in [0.1, 0.15) is 40.7 Å². The molecule has 0 aliphatic heterocycles. The van der Waals surface area contributed by atoms with E-state index in [0.29, 0.717) is 23.4 Å². The average Bonchev–Trinajstić information content (AvgIpc) is 2.87. The first-order chi connectivity index (χ1) is 17.4. The maximum atomic E-state index is 13.7. The number of rotatable bonds is 9. The van der Waals surface area contributed by atoms with Crippen molar-refractivity contribution in [1.29, 1.82) is 0 Å². The van der Waals surface area contributed by atoms with Crippen LogP contribution in [0.3, 0.4) is 0 Å². The number of halogens is 1. The Morgan fingerprint density at radius 1 is 1.06 bits per heavy atom. The highest BCUT2D eigenvalue weighted by atomic mass is 79.9. The molecule has 0 fully saturated rings. The smallest absolute Gasteiger partial charge is 0.304 e. The number of carboxylic acids is 1. The molecular weight excluding hydrogens is 520 g/mol. The van der Waals surface area contributed by atoms with Crippen molar-refractivity contribution in [3.63, 3.8) is 0 Å². The van der Waals surface area contributed by atoms with E-state index in [1.165, 1.54) is 0 Å². The predicted molar refractivity (Wildman–Crippen MR) is 145 cm³/mol. The topological polar surface area (TPSA) is 88.5 Å². The van der Waals surface area contributed by atoms with Gasteiger partial charge in [0, 0.05) is 27.9 Å². The van der Waals surface area contributed by atoms with Gasteiger partial charge in [-0.15, -0.1) is 0 Å². The van der Waals surface area contributed by atoms with E-state index in [-0.39, 0.29) is 18.9 Å². The summed E-state index contributed by atoms with van der Waals surface area (Å²) in [7, 11) is 0. The van der Waals surface area contributed by atoms with Gasteiger partial charge in [-0.2, -0.15) is 0 Å². The van der Waals surface area contributed by atoms with Gasteiger partial charge in [0.05, 0.1) is 29.8 Å². The molecule has 1 aromatic heterocycles. The highest BCUT2D eigenvalue weighted by molar-refractivity contribution is 9.10. The van der Waals surface area contributed by atoms with Gasteiger partial charge in [-0.05, 0) is 49.2 Å². The quantitative estimate of drug-likeness (QED) is 0.255. The fourth-order valence-electron chi connectivity index (χ4n) is 4.41. The Hall–Kier alpha value is -3.71. The number of carbonyl (C=O) groups is 2. The third-order valence-electron chi connectivity index (χ3n) is 6.05. The summed E-state index contributed by atoms with van der Waals surface area (Å²) in [6.07, 6.45) is -0.138. The molecule has 2 N–H and O–H groups in total. The number of pyridine rings is 1. The second kappa shape index (κ2) is 11.4. The van der Waals surface area contributed by atoms with Gasteiger partial charge in [0.2, 0.25) is 0 Å². The molecule has 0 unspecified atom stereocenters. The lowest BCUT2D eigenvalue weighted by molar-refractivity contribution is -0.137. The van der Waals surface area contributed by atoms with Crippen LogP contribution in [0.4, 0.5) is 0 Å². The number of aliphatic carboxylic acids is 1. The van der Waals surface area contributed by atoms with Crippen molar-refractivity contribution in [1.82, 2.24) is 10.3 Å². The van der Waals surface area contributed by atoms with Crippen LogP contribution < -0.4 is 10.1 Å². The number of ether oxygens (including phenoxy) is 1. The summed E-state index contributed by atoms with van der Waals surface area (Å²) in [4.78, 5) is 30.2. The van der Waals surface area contributed by atoms with E-state index in [4.69, 9.17) is 9.72 Å². The summed E-state index contributed by atoms with van der Waals surface area (Å²) in [5.74, 6) is -1.05. The molecule has 0 radical (unpaired) electrons. The maximum Gasteiger partial charge on any atom is 0.304 e. The molecule has 3 aromatic carbocycles. The molecule has 1 heterocycles. The summed E-state index contributed by atoms with van der Waals surface area (Å²) in [6.45, 7) is 4.38. The lowest BCUT2D eigenvalue weighted by Crippen LogP contribution is -2.30. The summed E-state index contributed by atoms with van der Waals surface area (Å²) >= 11 is 3.51. The normalized spacial score (nSPS) is 11.8. The van der Waals surface area contributed by atoms with Crippen molar-refractivity contribution in [2.24, 2.45) is 0 Å². The molecule has 0 aliphatic rings. The Kier molecular flexibility index (Phi) is 8.00. The Balaban J connectivity index is 1.73. The molecule has 0 saturated carbocycles. The molecule has 0 bridgehead atoms. The highest BCUT2D eigenvalue weighted by Crippen LogP contribution is 2.32. The van der Waals surface area contributed by atoms with Crippen LogP contribution in [0.5, 0.6) is 5.75 Å². The van der Waals surface area contributed by atoms with Crippen molar-refractivity contribution in [3.05, 3.63) is 94.0 Å². The van der Waals surface area contributed by atoms with Crippen LogP contribution in [0.25, 0.3) is 22.2 Å². The molecule has 0 spiro atoms. The number of carbonyl (C=O) groups excluding carboxylic acids is 1. The summed E-state index contributed by atoms with van der Waals surface area (Å²) in [6, 6.07) is 22.8. The number of fused-ring (bicyclic) bond motifs is 1. The Morgan fingerprint density at radius 3 is 2.50 bits per heavy atom. The molecule has 4 rings (SSSR count). The predicted octanol–water partition coefficient (Wildman–Crippen LogP) is 6.36. The molecule has 1 atom stereocenters. The molecule has 184 valence electrons. The lowest BCUT2D eigenvalue weighted by atomic mass is 9.93. The molecule has 36 heavy (non-hydrogen) atoms. The van der Waals surface area contributed by atoms with Gasteiger partial charge < -0.3 is 15.2 Å². The number of nitrogens with one attached hydrogen (secondary N) is 1. The van der Waals surface area contributed by atoms with Crippen LogP contribution >= 0.6 is 15.9 Å². The molecule has 0 aliphatic carbocycles. The standard InChI is InChI=1S/C29H27BrN2O4/c1-3-36-25-12-8-7-11-22(25)20(15-26(33)34)17-31-29(35)27-18(2)28(19-9-5-4-6-10-19)32-24-14-13-21(30)16-23(24)27/h4-14,16,20H,3,15,17H2,1-2H3,(H,31,35)(H,33,34)/t20-/m1/s1. The Morgan fingerprint density at radius 2 is 1.78 bits per heavy atom. The maximum absolute atomic E-state index is 13.7. The van der Waals surface area contributed by atoms with E-state index in [2.05, 4.69) is 21.2 Å². The molecule has 4 aromatic rings. The van der Waals surface area contributed by atoms with Gasteiger partial charge in [0.1, 0.15) is 5.75 Å². The monoisotopic (exact) mass is 546 g/mol. The third-order valence-corrected chi connectivity index (χ3v) is 6.55. The number of para-hydroxylation sites is 1. The van der Waals surface area contributed by atoms with Crippen LogP contribution in [0.2, 0.25) is 0 Å². The molecule has 0 saturated heterocycles. The van der Waals surface area contributed by atoms with Gasteiger partial charge in [0.25, 0.3) is 5.91 Å². The SMILES string of the molecule is CCOc1ccccc1[C@@H](CNC(=O)c1c(C)c(-c2ccccc2)nc2ccc(Br)cc12)CC(=O)O. The number of hydrogen-bond donors (Lipinski definition) is 2. The van der Waals surface area contributed by atoms with Crippen molar-refractivity contribution in [2.75, 3.05) is 13.2 Å². The van der Waals surface area contributed by atoms with Gasteiger partial charge in [-0.1, -0.05) is 64.5 Å². The van der Waals surface area contributed by atoms with E-state index in [9.17, 15) is 14.7 Å². The van der Waals surface area contributed by atoms with Crippen LogP contribution in [0.15, 0.2) is 77.3 Å². The second-order valence-electron chi connectivity index (χ2n) is 8.46. The van der Waals surface area contributed by atoms with Gasteiger partial charge >= 0.3 is 5.97 Å². The van der Waals surface area contributed by atoms with Gasteiger partial charge in [-0.25, -0.2) is 4.98 Å². The Bertz CT molecular complexity index is 1410. The number of amides is 1. The lowest BCUT2D eigenvalue weighted by Gasteiger charge is -2.21. The first-order valence-corrected chi connectivity index (χ1v) is 12.5. The van der Waals surface area contributed by atoms with Crippen molar-refractivity contribution < 1.29 is 19.4 Å². The van der Waals surface area contributed by atoms with E-state index >= 15 is 0 Å². The fourth-order valence-corrected chi connectivity index (χ4v) is 4.77. The zero-order valence-electron chi connectivity index (χ0n) is 20.1. The van der Waals surface area contributed by atoms with E-state index < -0.39 is 11.9 Å². The van der Waals surface area contributed by atoms with E-state index in [0.717, 1.165) is 32.2 Å². The molecule has 7 heteroatoms. The van der Waals surface area contributed by atoms with Crippen molar-refractivity contribution in [3.8, 4) is 17.0 Å². The largest absolute Gasteiger partial charge is 0.494 e. The molecular formula is C29H27BrN2O4. The number of benzene rings is 3. The number of aromatic nitrogens is 1. The van der Waals surface area contributed by atoms with Crippen LogP contribution in [-0.2, 0) is 4.79 Å². The minimum Gasteiger partial charge on any atom is -0.494 e. The third kappa shape index (κ3) is 5.57. The van der Waals surface area contributed by atoms with Crippen molar-refractivity contribution in [2.45, 2.75) is 26.2 Å². The zero-order valence-corrected chi connectivity index (χ0v) is 21.7. The second-order valence-corrected chi connectivity index (χ2v) is 9.38. The van der Waals surface area contributed by atoms with E-state index in [1.807, 2.05) is 86.6 Å². The average molecular weight is 547 g/mol. The summed E-state index contributed by atoms with van der Waals surface area (Å²) in [5, 5.41) is 13.3. The van der Waals surface area contributed by atoms with Gasteiger partial charge in [-0.3, -0.25) is 9.59 Å². The number of carboxylic acid groups (broad SMARTS) is 1. The number of nitrogens with zero attached hydrogens (tertiary/aromatic N) is 1. The number of hydrogen-bond acceptors (Lipinski definition) is 4. The fraction of sp³-hybridized carbons (Fsp3) is 0.207. The summed E-state index contributed by atoms with van der Waals surface area (Å²) in [5.41, 5.74) is 4.39.